The minimum absolute atomic E-state index is 0.0553. The third-order valence-corrected chi connectivity index (χ3v) is 8.67. The van der Waals surface area contributed by atoms with Crippen LogP contribution in [0, 0.1) is 23.0 Å². The van der Waals surface area contributed by atoms with Gasteiger partial charge < -0.3 is 14.2 Å². The quantitative estimate of drug-likeness (QED) is 0.240. The third kappa shape index (κ3) is 5.84. The fourth-order valence-electron chi connectivity index (χ4n) is 6.26. The molecular formula is C33H37F2NO4. The summed E-state index contributed by atoms with van der Waals surface area (Å²) in [6.07, 6.45) is 6.50. The topological polar surface area (TPSA) is 57.7 Å². The molecule has 3 aromatic rings. The first-order chi connectivity index (χ1) is 19.2. The monoisotopic (exact) mass is 549 g/mol. The second kappa shape index (κ2) is 11.6. The van der Waals surface area contributed by atoms with Crippen LogP contribution in [0.3, 0.4) is 0 Å². The van der Waals surface area contributed by atoms with Gasteiger partial charge in [-0.25, -0.2) is 13.8 Å². The minimum Gasteiger partial charge on any atom is -0.486 e. The fraction of sp³-hybridized carbons (Fsp3) is 0.455. The van der Waals surface area contributed by atoms with Gasteiger partial charge in [-0.1, -0.05) is 50.6 Å². The van der Waals surface area contributed by atoms with Crippen molar-refractivity contribution in [2.45, 2.75) is 70.8 Å². The van der Waals surface area contributed by atoms with Crippen molar-refractivity contribution in [1.29, 1.82) is 0 Å². The predicted octanol–water partition coefficient (Wildman–Crippen LogP) is 7.96. The Morgan fingerprint density at radius 3 is 2.55 bits per heavy atom. The summed E-state index contributed by atoms with van der Waals surface area (Å²) < 4.78 is 46.8. The van der Waals surface area contributed by atoms with Crippen molar-refractivity contribution in [1.82, 2.24) is 4.98 Å². The summed E-state index contributed by atoms with van der Waals surface area (Å²) in [5.41, 5.74) is 3.74. The van der Waals surface area contributed by atoms with Gasteiger partial charge >= 0.3 is 5.97 Å². The molecule has 0 amide bonds. The van der Waals surface area contributed by atoms with Crippen LogP contribution in [0.15, 0.2) is 48.7 Å². The molecule has 2 fully saturated rings. The SMILES string of the molecule is COC(=O)C[C@@H](c1cccc(OCc2ccc(-c3cc(OC)ncc3F)c([C@H]3CCCC3(C)C)c2)c1F)C1CC1. The van der Waals surface area contributed by atoms with Crippen LogP contribution >= 0.6 is 0 Å². The van der Waals surface area contributed by atoms with E-state index in [9.17, 15) is 4.79 Å². The van der Waals surface area contributed by atoms with Crippen molar-refractivity contribution in [3.63, 3.8) is 0 Å². The van der Waals surface area contributed by atoms with E-state index in [0.717, 1.165) is 48.8 Å². The van der Waals surface area contributed by atoms with Crippen LogP contribution in [0.25, 0.3) is 11.1 Å². The molecule has 212 valence electrons. The number of aromatic nitrogens is 1. The summed E-state index contributed by atoms with van der Waals surface area (Å²) >= 11 is 0. The summed E-state index contributed by atoms with van der Waals surface area (Å²) in [6.45, 7) is 4.67. The van der Waals surface area contributed by atoms with Crippen LogP contribution in [-0.2, 0) is 16.1 Å². The first kappa shape index (κ1) is 28.1. The zero-order chi connectivity index (χ0) is 28.4. The van der Waals surface area contributed by atoms with Crippen LogP contribution in [0.4, 0.5) is 8.78 Å². The van der Waals surface area contributed by atoms with E-state index in [1.54, 1.807) is 24.3 Å². The zero-order valence-corrected chi connectivity index (χ0v) is 23.6. The Morgan fingerprint density at radius 2 is 1.88 bits per heavy atom. The van der Waals surface area contributed by atoms with Crippen molar-refractivity contribution in [2.24, 2.45) is 11.3 Å². The average Bonchev–Trinajstić information content (AvgIpc) is 3.73. The van der Waals surface area contributed by atoms with E-state index in [1.807, 2.05) is 12.1 Å². The van der Waals surface area contributed by atoms with E-state index in [4.69, 9.17) is 14.2 Å². The molecule has 2 aliphatic carbocycles. The summed E-state index contributed by atoms with van der Waals surface area (Å²) in [5.74, 6) is -0.370. The van der Waals surface area contributed by atoms with Crippen LogP contribution in [0.1, 0.15) is 80.9 Å². The minimum atomic E-state index is -0.428. The van der Waals surface area contributed by atoms with E-state index in [-0.39, 0.29) is 47.9 Å². The van der Waals surface area contributed by atoms with Crippen molar-refractivity contribution < 1.29 is 27.8 Å². The van der Waals surface area contributed by atoms with Gasteiger partial charge in [0, 0.05) is 17.5 Å². The summed E-state index contributed by atoms with van der Waals surface area (Å²) in [6, 6.07) is 12.7. The Morgan fingerprint density at radius 1 is 1.07 bits per heavy atom. The molecule has 0 aliphatic heterocycles. The highest BCUT2D eigenvalue weighted by atomic mass is 19.1. The Bertz CT molecular complexity index is 1380. The molecule has 5 nitrogen and oxygen atoms in total. The number of ether oxygens (including phenoxy) is 3. The molecule has 2 aliphatic rings. The number of carbonyl (C=O) groups is 1. The molecule has 0 spiro atoms. The number of pyridine rings is 1. The largest absolute Gasteiger partial charge is 0.486 e. The van der Waals surface area contributed by atoms with Gasteiger partial charge in [0.05, 0.1) is 26.8 Å². The number of esters is 1. The van der Waals surface area contributed by atoms with Crippen LogP contribution < -0.4 is 9.47 Å². The van der Waals surface area contributed by atoms with Gasteiger partial charge in [0.1, 0.15) is 12.4 Å². The lowest BCUT2D eigenvalue weighted by Gasteiger charge is -2.30. The highest BCUT2D eigenvalue weighted by Gasteiger charge is 2.38. The predicted molar refractivity (Wildman–Crippen MR) is 149 cm³/mol. The number of rotatable bonds is 10. The molecule has 0 unspecified atom stereocenters. The standard InChI is InChI=1S/C33H37F2NO4/c1-33(2)14-6-8-27(33)25-15-20(10-13-22(25)26-16-30(38-3)36-18-28(26)34)19-40-29-9-5-7-23(32(29)35)24(21-11-12-21)17-31(37)39-4/h5,7,9-10,13,15-16,18,21,24,27H,6,8,11-12,14,17,19H2,1-4H3/t24-,27-/m1/s1. The molecule has 0 N–H and O–H groups in total. The van der Waals surface area contributed by atoms with Crippen molar-refractivity contribution in [3.05, 3.63) is 77.0 Å². The third-order valence-electron chi connectivity index (χ3n) is 8.67. The highest BCUT2D eigenvalue weighted by molar-refractivity contribution is 5.71. The van der Waals surface area contributed by atoms with Crippen LogP contribution in [0.5, 0.6) is 11.6 Å². The van der Waals surface area contributed by atoms with Crippen LogP contribution in [0.2, 0.25) is 0 Å². The number of hydrogen-bond acceptors (Lipinski definition) is 5. The maximum absolute atomic E-state index is 15.7. The molecule has 1 heterocycles. The zero-order valence-electron chi connectivity index (χ0n) is 23.6. The van der Waals surface area contributed by atoms with E-state index < -0.39 is 11.6 Å². The van der Waals surface area contributed by atoms with Crippen molar-refractivity contribution in [2.75, 3.05) is 14.2 Å². The molecule has 2 atom stereocenters. The second-order valence-corrected chi connectivity index (χ2v) is 11.7. The number of halogens is 2. The van der Waals surface area contributed by atoms with Gasteiger partial charge in [0.25, 0.3) is 0 Å². The first-order valence-electron chi connectivity index (χ1n) is 14.0. The number of carbonyl (C=O) groups excluding carboxylic acids is 1. The summed E-state index contributed by atoms with van der Waals surface area (Å²) in [4.78, 5) is 16.0. The van der Waals surface area contributed by atoms with Gasteiger partial charge in [-0.15, -0.1) is 0 Å². The normalized spacial score (nSPS) is 18.8. The van der Waals surface area contributed by atoms with Gasteiger partial charge in [-0.05, 0) is 71.3 Å². The molecule has 0 radical (unpaired) electrons. The molecule has 2 saturated carbocycles. The Kier molecular flexibility index (Phi) is 8.11. The maximum atomic E-state index is 15.7. The molecule has 2 aromatic carbocycles. The van der Waals surface area contributed by atoms with E-state index in [0.29, 0.717) is 17.0 Å². The average molecular weight is 550 g/mol. The smallest absolute Gasteiger partial charge is 0.306 e. The van der Waals surface area contributed by atoms with Gasteiger partial charge in [0.2, 0.25) is 5.88 Å². The molecule has 5 rings (SSSR count). The summed E-state index contributed by atoms with van der Waals surface area (Å²) in [7, 11) is 2.87. The molecule has 0 saturated heterocycles. The summed E-state index contributed by atoms with van der Waals surface area (Å²) in [5, 5.41) is 0. The van der Waals surface area contributed by atoms with E-state index in [2.05, 4.69) is 24.9 Å². The Labute approximate surface area is 234 Å². The van der Waals surface area contributed by atoms with Gasteiger partial charge in [0.15, 0.2) is 11.6 Å². The fourth-order valence-corrected chi connectivity index (χ4v) is 6.26. The van der Waals surface area contributed by atoms with E-state index in [1.165, 1.54) is 20.4 Å². The molecular weight excluding hydrogens is 512 g/mol. The first-order valence-corrected chi connectivity index (χ1v) is 14.0. The molecule has 40 heavy (non-hydrogen) atoms. The Hall–Kier alpha value is -3.48. The van der Waals surface area contributed by atoms with Crippen molar-refractivity contribution in [3.8, 4) is 22.8 Å². The van der Waals surface area contributed by atoms with Crippen molar-refractivity contribution >= 4 is 5.97 Å². The van der Waals surface area contributed by atoms with Gasteiger partial charge in [-0.3, -0.25) is 4.79 Å². The lowest BCUT2D eigenvalue weighted by molar-refractivity contribution is -0.141. The number of hydrogen-bond donors (Lipinski definition) is 0. The highest BCUT2D eigenvalue weighted by Crippen LogP contribution is 2.51. The van der Waals surface area contributed by atoms with Gasteiger partial charge in [-0.2, -0.15) is 0 Å². The molecule has 7 heteroatoms. The number of methoxy groups -OCH3 is 2. The van der Waals surface area contributed by atoms with E-state index >= 15 is 8.78 Å². The lowest BCUT2D eigenvalue weighted by Crippen LogP contribution is -2.17. The lowest BCUT2D eigenvalue weighted by atomic mass is 9.75. The maximum Gasteiger partial charge on any atom is 0.306 e. The second-order valence-electron chi connectivity index (χ2n) is 11.7. The molecule has 0 bridgehead atoms. The molecule has 1 aromatic heterocycles. The Balaban J connectivity index is 1.45. The van der Waals surface area contributed by atoms with Crippen LogP contribution in [-0.4, -0.2) is 25.2 Å². The number of benzene rings is 2. The number of nitrogens with zero attached hydrogens (tertiary/aromatic N) is 1.